The summed E-state index contributed by atoms with van der Waals surface area (Å²) < 4.78 is 17.6. The largest absolute Gasteiger partial charge is 0.494 e. The standard InChI is InChI=1S/C35H48O3/c1-4-6-8-10-12-14-26-37-33-23-20-30(21-24-33)29-16-18-31(19-17-29)32-22-25-34(35(28-32)36-3)38-27-15-13-11-9-7-5-2/h16-25,28H,4-15,26-27H2,1-3H3. The third-order valence-electron chi connectivity index (χ3n) is 7.09. The summed E-state index contributed by atoms with van der Waals surface area (Å²) in [5.74, 6) is 2.55. The Bertz CT molecular complexity index is 1020. The molecule has 0 atom stereocenters. The maximum atomic E-state index is 6.03. The second kappa shape index (κ2) is 17.5. The van der Waals surface area contributed by atoms with Gasteiger partial charge in [0.05, 0.1) is 20.3 Å². The number of hydrogen-bond acceptors (Lipinski definition) is 3. The van der Waals surface area contributed by atoms with Crippen LogP contribution >= 0.6 is 0 Å². The summed E-state index contributed by atoms with van der Waals surface area (Å²) in [6.07, 6.45) is 15.2. The van der Waals surface area contributed by atoms with Crippen molar-refractivity contribution in [3.8, 4) is 39.5 Å². The van der Waals surface area contributed by atoms with Gasteiger partial charge >= 0.3 is 0 Å². The second-order valence-corrected chi connectivity index (χ2v) is 10.2. The number of unbranched alkanes of at least 4 members (excludes halogenated alkanes) is 10. The summed E-state index contributed by atoms with van der Waals surface area (Å²) in [6, 6.07) is 23.4. The highest BCUT2D eigenvalue weighted by atomic mass is 16.5. The van der Waals surface area contributed by atoms with Gasteiger partial charge in [0, 0.05) is 0 Å². The molecule has 206 valence electrons. The van der Waals surface area contributed by atoms with Gasteiger partial charge in [-0.05, 0) is 59.4 Å². The SMILES string of the molecule is CCCCCCCCOc1ccc(-c2ccc(-c3ccc(OCCCCCCCC)c(OC)c3)cc2)cc1. The van der Waals surface area contributed by atoms with Crippen LogP contribution in [0.3, 0.4) is 0 Å². The van der Waals surface area contributed by atoms with Gasteiger partial charge in [0.25, 0.3) is 0 Å². The quantitative estimate of drug-likeness (QED) is 0.148. The molecule has 3 heteroatoms. The van der Waals surface area contributed by atoms with Crippen molar-refractivity contribution < 1.29 is 14.2 Å². The molecule has 0 saturated heterocycles. The molecular weight excluding hydrogens is 468 g/mol. The van der Waals surface area contributed by atoms with E-state index in [1.807, 2.05) is 6.07 Å². The first kappa shape index (κ1) is 29.6. The van der Waals surface area contributed by atoms with Crippen molar-refractivity contribution in [1.82, 2.24) is 0 Å². The van der Waals surface area contributed by atoms with Crippen LogP contribution in [0.15, 0.2) is 66.7 Å². The first-order valence-electron chi connectivity index (χ1n) is 14.9. The number of benzene rings is 3. The fourth-order valence-electron chi connectivity index (χ4n) is 4.70. The fraction of sp³-hybridized carbons (Fsp3) is 0.486. The van der Waals surface area contributed by atoms with Crippen LogP contribution in [0.25, 0.3) is 22.3 Å². The highest BCUT2D eigenvalue weighted by Crippen LogP contribution is 2.34. The van der Waals surface area contributed by atoms with Crippen LogP contribution in [0.2, 0.25) is 0 Å². The minimum atomic E-state index is 0.736. The van der Waals surface area contributed by atoms with Crippen molar-refractivity contribution in [2.45, 2.75) is 90.9 Å². The molecule has 0 saturated carbocycles. The Balaban J connectivity index is 1.49. The van der Waals surface area contributed by atoms with Crippen molar-refractivity contribution in [1.29, 1.82) is 0 Å². The lowest BCUT2D eigenvalue weighted by atomic mass is 10.00. The van der Waals surface area contributed by atoms with E-state index in [2.05, 4.69) is 74.5 Å². The molecule has 0 amide bonds. The summed E-state index contributed by atoms with van der Waals surface area (Å²) in [6.45, 7) is 6.04. The first-order chi connectivity index (χ1) is 18.7. The molecule has 0 spiro atoms. The lowest BCUT2D eigenvalue weighted by Crippen LogP contribution is -1.99. The molecule has 0 unspecified atom stereocenters. The smallest absolute Gasteiger partial charge is 0.161 e. The van der Waals surface area contributed by atoms with Crippen LogP contribution < -0.4 is 14.2 Å². The van der Waals surface area contributed by atoms with E-state index in [0.717, 1.165) is 54.4 Å². The van der Waals surface area contributed by atoms with Crippen molar-refractivity contribution >= 4 is 0 Å². The van der Waals surface area contributed by atoms with Crippen molar-refractivity contribution in [2.24, 2.45) is 0 Å². The van der Waals surface area contributed by atoms with E-state index < -0.39 is 0 Å². The van der Waals surface area contributed by atoms with E-state index in [-0.39, 0.29) is 0 Å². The zero-order chi connectivity index (χ0) is 26.8. The molecule has 0 heterocycles. The van der Waals surface area contributed by atoms with E-state index >= 15 is 0 Å². The Morgan fingerprint density at radius 3 is 1.45 bits per heavy atom. The van der Waals surface area contributed by atoms with Gasteiger partial charge in [-0.25, -0.2) is 0 Å². The molecule has 0 bridgehead atoms. The van der Waals surface area contributed by atoms with Gasteiger partial charge < -0.3 is 14.2 Å². The Kier molecular flexibility index (Phi) is 13.7. The van der Waals surface area contributed by atoms with Gasteiger partial charge in [-0.2, -0.15) is 0 Å². The van der Waals surface area contributed by atoms with Crippen molar-refractivity contribution in [3.05, 3.63) is 66.7 Å². The molecule has 0 aromatic heterocycles. The van der Waals surface area contributed by atoms with Gasteiger partial charge in [-0.15, -0.1) is 0 Å². The normalized spacial score (nSPS) is 10.9. The van der Waals surface area contributed by atoms with E-state index in [9.17, 15) is 0 Å². The molecule has 0 N–H and O–H groups in total. The number of ether oxygens (including phenoxy) is 3. The van der Waals surface area contributed by atoms with Crippen molar-refractivity contribution in [2.75, 3.05) is 20.3 Å². The van der Waals surface area contributed by atoms with Gasteiger partial charge in [-0.1, -0.05) is 121 Å². The van der Waals surface area contributed by atoms with E-state index in [4.69, 9.17) is 14.2 Å². The number of hydrogen-bond donors (Lipinski definition) is 0. The van der Waals surface area contributed by atoms with Gasteiger partial charge in [0.2, 0.25) is 0 Å². The molecule has 0 aliphatic heterocycles. The van der Waals surface area contributed by atoms with Gasteiger partial charge in [0.1, 0.15) is 5.75 Å². The second-order valence-electron chi connectivity index (χ2n) is 10.2. The summed E-state index contributed by atoms with van der Waals surface area (Å²) in [5, 5.41) is 0. The van der Waals surface area contributed by atoms with Crippen LogP contribution in [-0.4, -0.2) is 20.3 Å². The molecule has 3 aromatic rings. The third kappa shape index (κ3) is 10.1. The molecule has 0 fully saturated rings. The molecule has 0 aliphatic rings. The van der Waals surface area contributed by atoms with Crippen LogP contribution in [0, 0.1) is 0 Å². The third-order valence-corrected chi connectivity index (χ3v) is 7.09. The maximum Gasteiger partial charge on any atom is 0.161 e. The molecule has 3 rings (SSSR count). The predicted molar refractivity (Wildman–Crippen MR) is 162 cm³/mol. The monoisotopic (exact) mass is 516 g/mol. The zero-order valence-corrected chi connectivity index (χ0v) is 24.0. The van der Waals surface area contributed by atoms with Crippen molar-refractivity contribution in [3.63, 3.8) is 0 Å². The minimum Gasteiger partial charge on any atom is -0.494 e. The Labute approximate surface area is 231 Å². The molecule has 38 heavy (non-hydrogen) atoms. The molecule has 3 nitrogen and oxygen atoms in total. The lowest BCUT2D eigenvalue weighted by Gasteiger charge is -2.13. The molecule has 3 aromatic carbocycles. The van der Waals surface area contributed by atoms with E-state index in [1.165, 1.54) is 75.3 Å². The van der Waals surface area contributed by atoms with Gasteiger partial charge in [0.15, 0.2) is 11.5 Å². The number of rotatable bonds is 19. The summed E-state index contributed by atoms with van der Waals surface area (Å²) in [4.78, 5) is 0. The Hall–Kier alpha value is -2.94. The van der Waals surface area contributed by atoms with Crippen LogP contribution in [0.4, 0.5) is 0 Å². The highest BCUT2D eigenvalue weighted by molar-refractivity contribution is 5.72. The average molecular weight is 517 g/mol. The van der Waals surface area contributed by atoms with Crippen LogP contribution in [-0.2, 0) is 0 Å². The van der Waals surface area contributed by atoms with E-state index in [1.54, 1.807) is 7.11 Å². The Morgan fingerprint density at radius 1 is 0.447 bits per heavy atom. The topological polar surface area (TPSA) is 27.7 Å². The predicted octanol–water partition coefficient (Wildman–Crippen LogP) is 10.5. The highest BCUT2D eigenvalue weighted by Gasteiger charge is 2.08. The van der Waals surface area contributed by atoms with Gasteiger partial charge in [-0.3, -0.25) is 0 Å². The lowest BCUT2D eigenvalue weighted by molar-refractivity contribution is 0.285. The first-order valence-corrected chi connectivity index (χ1v) is 14.9. The molecule has 0 radical (unpaired) electrons. The molecular formula is C35H48O3. The van der Waals surface area contributed by atoms with Crippen LogP contribution in [0.1, 0.15) is 90.9 Å². The maximum absolute atomic E-state index is 6.03. The summed E-state index contributed by atoms with van der Waals surface area (Å²) in [7, 11) is 1.71. The summed E-state index contributed by atoms with van der Waals surface area (Å²) in [5.41, 5.74) is 4.67. The Morgan fingerprint density at radius 2 is 0.895 bits per heavy atom. The molecule has 0 aliphatic carbocycles. The zero-order valence-electron chi connectivity index (χ0n) is 24.0. The fourth-order valence-corrected chi connectivity index (χ4v) is 4.70. The number of methoxy groups -OCH3 is 1. The average Bonchev–Trinajstić information content (AvgIpc) is 2.96. The van der Waals surface area contributed by atoms with E-state index in [0.29, 0.717) is 0 Å². The summed E-state index contributed by atoms with van der Waals surface area (Å²) >= 11 is 0. The van der Waals surface area contributed by atoms with Crippen LogP contribution in [0.5, 0.6) is 17.2 Å². The minimum absolute atomic E-state index is 0.736.